The Bertz CT molecular complexity index is 802. The first-order chi connectivity index (χ1) is 13.4. The number of hydrogen-bond acceptors (Lipinski definition) is 6. The van der Waals surface area contributed by atoms with E-state index in [2.05, 4.69) is 6.92 Å². The molecule has 0 saturated carbocycles. The molecule has 1 aromatic rings. The fourth-order valence-corrected chi connectivity index (χ4v) is 4.82. The van der Waals surface area contributed by atoms with E-state index in [1.807, 2.05) is 0 Å². The van der Waals surface area contributed by atoms with E-state index in [0.29, 0.717) is 45.3 Å². The average molecular weight is 410 g/mol. The lowest BCUT2D eigenvalue weighted by atomic mass is 10.0. The molecule has 0 bridgehead atoms. The molecule has 2 aliphatic heterocycles. The zero-order valence-electron chi connectivity index (χ0n) is 16.0. The smallest absolute Gasteiger partial charge is 0.338 e. The fourth-order valence-electron chi connectivity index (χ4n) is 3.42. The summed E-state index contributed by atoms with van der Waals surface area (Å²) >= 11 is 0. The number of morpholine rings is 1. The summed E-state index contributed by atoms with van der Waals surface area (Å²) < 4.78 is 36.8. The highest BCUT2D eigenvalue weighted by Gasteiger charge is 2.27. The SMILES string of the molecule is C[C@@H]1CCCN(C(=O)COC(=O)c2ccc(S(=O)(=O)N3CCOCC3)cc2)C1. The Morgan fingerprint density at radius 2 is 1.82 bits per heavy atom. The molecular formula is C19H26N2O6S. The molecule has 0 unspecified atom stereocenters. The first kappa shape index (κ1) is 20.8. The van der Waals surface area contributed by atoms with Gasteiger partial charge in [-0.15, -0.1) is 0 Å². The minimum atomic E-state index is -3.61. The van der Waals surface area contributed by atoms with Crippen molar-refractivity contribution in [2.75, 3.05) is 46.0 Å². The predicted octanol–water partition coefficient (Wildman–Crippen LogP) is 1.12. The third-order valence-corrected chi connectivity index (χ3v) is 6.95. The molecule has 8 nitrogen and oxygen atoms in total. The quantitative estimate of drug-likeness (QED) is 0.676. The first-order valence-electron chi connectivity index (χ1n) is 9.51. The van der Waals surface area contributed by atoms with Crippen molar-refractivity contribution in [2.24, 2.45) is 5.92 Å². The largest absolute Gasteiger partial charge is 0.452 e. The van der Waals surface area contributed by atoms with E-state index in [-0.39, 0.29) is 23.0 Å². The van der Waals surface area contributed by atoms with Gasteiger partial charge in [-0.1, -0.05) is 6.92 Å². The summed E-state index contributed by atoms with van der Waals surface area (Å²) in [6.07, 6.45) is 2.06. The molecule has 1 amide bonds. The van der Waals surface area contributed by atoms with Gasteiger partial charge in [0.1, 0.15) is 0 Å². The van der Waals surface area contributed by atoms with Crippen LogP contribution in [0.25, 0.3) is 0 Å². The number of esters is 1. The number of carbonyl (C=O) groups excluding carboxylic acids is 2. The van der Waals surface area contributed by atoms with Gasteiger partial charge in [0.2, 0.25) is 10.0 Å². The lowest BCUT2D eigenvalue weighted by Crippen LogP contribution is -2.41. The molecule has 0 spiro atoms. The van der Waals surface area contributed by atoms with E-state index in [1.54, 1.807) is 4.90 Å². The van der Waals surface area contributed by atoms with Gasteiger partial charge >= 0.3 is 5.97 Å². The standard InChI is InChI=1S/C19H26N2O6S/c1-15-3-2-8-20(13-15)18(22)14-27-19(23)16-4-6-17(7-5-16)28(24,25)21-9-11-26-12-10-21/h4-7,15H,2-3,8-14H2,1H3/t15-/m1/s1. The monoisotopic (exact) mass is 410 g/mol. The van der Waals surface area contributed by atoms with Gasteiger partial charge in [0, 0.05) is 26.2 Å². The number of likely N-dealkylation sites (tertiary alicyclic amines) is 1. The highest BCUT2D eigenvalue weighted by molar-refractivity contribution is 7.89. The first-order valence-corrected chi connectivity index (χ1v) is 10.9. The van der Waals surface area contributed by atoms with Crippen LogP contribution in [0.2, 0.25) is 0 Å². The van der Waals surface area contributed by atoms with Crippen molar-refractivity contribution >= 4 is 21.9 Å². The lowest BCUT2D eigenvalue weighted by molar-refractivity contribution is -0.136. The zero-order valence-corrected chi connectivity index (χ0v) is 16.8. The van der Waals surface area contributed by atoms with Crippen LogP contribution in [0.5, 0.6) is 0 Å². The van der Waals surface area contributed by atoms with Gasteiger partial charge in [0.25, 0.3) is 5.91 Å². The van der Waals surface area contributed by atoms with E-state index in [4.69, 9.17) is 9.47 Å². The molecule has 154 valence electrons. The van der Waals surface area contributed by atoms with Gasteiger partial charge in [-0.25, -0.2) is 13.2 Å². The van der Waals surface area contributed by atoms with E-state index >= 15 is 0 Å². The van der Waals surface area contributed by atoms with Crippen molar-refractivity contribution < 1.29 is 27.5 Å². The highest BCUT2D eigenvalue weighted by atomic mass is 32.2. The number of ether oxygens (including phenoxy) is 2. The number of benzene rings is 1. The van der Waals surface area contributed by atoms with Crippen LogP contribution < -0.4 is 0 Å². The molecule has 2 saturated heterocycles. The molecule has 9 heteroatoms. The van der Waals surface area contributed by atoms with Crippen LogP contribution in [0.3, 0.4) is 0 Å². The van der Waals surface area contributed by atoms with E-state index in [9.17, 15) is 18.0 Å². The topological polar surface area (TPSA) is 93.2 Å². The molecule has 0 aliphatic carbocycles. The lowest BCUT2D eigenvalue weighted by Gasteiger charge is -2.30. The van der Waals surface area contributed by atoms with Gasteiger partial charge in [-0.2, -0.15) is 4.31 Å². The molecule has 2 fully saturated rings. The predicted molar refractivity (Wildman–Crippen MR) is 101 cm³/mol. The second kappa shape index (κ2) is 9.02. The van der Waals surface area contributed by atoms with Crippen molar-refractivity contribution in [1.82, 2.24) is 9.21 Å². The van der Waals surface area contributed by atoms with Gasteiger partial charge < -0.3 is 14.4 Å². The molecule has 2 heterocycles. The van der Waals surface area contributed by atoms with Crippen LogP contribution in [0.15, 0.2) is 29.2 Å². The molecule has 0 radical (unpaired) electrons. The van der Waals surface area contributed by atoms with Crippen molar-refractivity contribution in [3.8, 4) is 0 Å². The molecule has 0 N–H and O–H groups in total. The van der Waals surface area contributed by atoms with Gasteiger partial charge in [-0.3, -0.25) is 4.79 Å². The normalized spacial score (nSPS) is 21.3. The minimum Gasteiger partial charge on any atom is -0.452 e. The van der Waals surface area contributed by atoms with Crippen LogP contribution in [0.4, 0.5) is 0 Å². The maximum absolute atomic E-state index is 12.6. The van der Waals surface area contributed by atoms with Crippen molar-refractivity contribution in [2.45, 2.75) is 24.7 Å². The molecule has 3 rings (SSSR count). The van der Waals surface area contributed by atoms with Crippen LogP contribution in [0, 0.1) is 5.92 Å². The minimum absolute atomic E-state index is 0.115. The van der Waals surface area contributed by atoms with Crippen LogP contribution in [-0.2, 0) is 24.3 Å². The fraction of sp³-hybridized carbons (Fsp3) is 0.579. The molecule has 0 aromatic heterocycles. The van der Waals surface area contributed by atoms with E-state index in [1.165, 1.54) is 28.6 Å². The molecule has 2 aliphatic rings. The summed E-state index contributed by atoms with van der Waals surface area (Å²) in [6.45, 7) is 4.52. The average Bonchev–Trinajstić information content (AvgIpc) is 2.72. The van der Waals surface area contributed by atoms with Crippen LogP contribution in [0.1, 0.15) is 30.1 Å². The number of sulfonamides is 1. The Balaban J connectivity index is 1.57. The Morgan fingerprint density at radius 1 is 1.14 bits per heavy atom. The van der Waals surface area contributed by atoms with Crippen molar-refractivity contribution in [1.29, 1.82) is 0 Å². The zero-order chi connectivity index (χ0) is 20.1. The molecule has 28 heavy (non-hydrogen) atoms. The molecule has 1 aromatic carbocycles. The summed E-state index contributed by atoms with van der Waals surface area (Å²) in [5.41, 5.74) is 0.209. The summed E-state index contributed by atoms with van der Waals surface area (Å²) in [6, 6.07) is 5.58. The van der Waals surface area contributed by atoms with Gasteiger partial charge in [-0.05, 0) is 43.0 Å². The summed E-state index contributed by atoms with van der Waals surface area (Å²) in [5.74, 6) is -0.394. The van der Waals surface area contributed by atoms with Crippen molar-refractivity contribution in [3.05, 3.63) is 29.8 Å². The number of rotatable bonds is 5. The maximum atomic E-state index is 12.6. The van der Waals surface area contributed by atoms with Crippen molar-refractivity contribution in [3.63, 3.8) is 0 Å². The summed E-state index contributed by atoms with van der Waals surface area (Å²) in [5, 5.41) is 0. The molecular weight excluding hydrogens is 384 g/mol. The number of carbonyl (C=O) groups is 2. The van der Waals surface area contributed by atoms with Gasteiger partial charge in [0.05, 0.1) is 23.7 Å². The third-order valence-electron chi connectivity index (χ3n) is 5.03. The third kappa shape index (κ3) is 4.89. The summed E-state index contributed by atoms with van der Waals surface area (Å²) in [4.78, 5) is 26.2. The van der Waals surface area contributed by atoms with Crippen LogP contribution >= 0.6 is 0 Å². The Kier molecular flexibility index (Phi) is 6.69. The maximum Gasteiger partial charge on any atom is 0.338 e. The number of piperidine rings is 1. The second-order valence-corrected chi connectivity index (χ2v) is 9.14. The highest BCUT2D eigenvalue weighted by Crippen LogP contribution is 2.18. The summed E-state index contributed by atoms with van der Waals surface area (Å²) in [7, 11) is -3.61. The van der Waals surface area contributed by atoms with Gasteiger partial charge in [0.15, 0.2) is 6.61 Å². The second-order valence-electron chi connectivity index (χ2n) is 7.20. The van der Waals surface area contributed by atoms with Crippen LogP contribution in [-0.4, -0.2) is 75.5 Å². The Morgan fingerprint density at radius 3 is 2.46 bits per heavy atom. The Hall–Kier alpha value is -1.97. The number of amides is 1. The van der Waals surface area contributed by atoms with E-state index in [0.717, 1.165) is 12.8 Å². The number of nitrogens with zero attached hydrogens (tertiary/aromatic N) is 2. The molecule has 1 atom stereocenters. The Labute approximate surface area is 165 Å². The van der Waals surface area contributed by atoms with E-state index < -0.39 is 16.0 Å². The number of hydrogen-bond donors (Lipinski definition) is 0.